The van der Waals surface area contributed by atoms with Crippen molar-refractivity contribution in [2.75, 3.05) is 18.9 Å². The van der Waals surface area contributed by atoms with Gasteiger partial charge in [0, 0.05) is 18.0 Å². The molecule has 0 aliphatic carbocycles. The van der Waals surface area contributed by atoms with E-state index in [1.54, 1.807) is 0 Å². The van der Waals surface area contributed by atoms with E-state index < -0.39 is 0 Å². The Morgan fingerprint density at radius 2 is 2.00 bits per heavy atom. The molecule has 2 aromatic carbocycles. The predicted molar refractivity (Wildman–Crippen MR) is 83.9 cm³/mol. The fourth-order valence-electron chi connectivity index (χ4n) is 1.81. The Hall–Kier alpha value is -1.52. The van der Waals surface area contributed by atoms with Gasteiger partial charge in [-0.1, -0.05) is 37.3 Å². The second-order valence-electron chi connectivity index (χ2n) is 4.89. The van der Waals surface area contributed by atoms with Gasteiger partial charge in [0.05, 0.1) is 5.75 Å². The van der Waals surface area contributed by atoms with Crippen molar-refractivity contribution in [1.82, 2.24) is 5.32 Å². The van der Waals surface area contributed by atoms with Gasteiger partial charge in [-0.2, -0.15) is 0 Å². The molecule has 1 amide bonds. The summed E-state index contributed by atoms with van der Waals surface area (Å²) in [6.45, 7) is 2.52. The van der Waals surface area contributed by atoms with E-state index in [0.717, 1.165) is 4.90 Å². The molecule has 3 nitrogen and oxygen atoms in total. The van der Waals surface area contributed by atoms with Crippen molar-refractivity contribution in [2.24, 2.45) is 5.92 Å². The number of thioether (sulfide) groups is 1. The molecule has 2 N–H and O–H groups in total. The van der Waals surface area contributed by atoms with Crippen LogP contribution in [0.5, 0.6) is 0 Å². The van der Waals surface area contributed by atoms with Crippen LogP contribution >= 0.6 is 11.8 Å². The summed E-state index contributed by atoms with van der Waals surface area (Å²) in [5.41, 5.74) is 0. The number of hydrogen-bond acceptors (Lipinski definition) is 3. The number of aliphatic hydroxyl groups excluding tert-OH is 1. The second-order valence-corrected chi connectivity index (χ2v) is 5.94. The van der Waals surface area contributed by atoms with Gasteiger partial charge in [0.1, 0.15) is 0 Å². The van der Waals surface area contributed by atoms with Crippen LogP contribution in [0.1, 0.15) is 6.92 Å². The minimum atomic E-state index is 0.00320. The largest absolute Gasteiger partial charge is 0.396 e. The van der Waals surface area contributed by atoms with E-state index >= 15 is 0 Å². The van der Waals surface area contributed by atoms with Gasteiger partial charge in [0.15, 0.2) is 0 Å². The molecule has 4 heteroatoms. The third kappa shape index (κ3) is 4.25. The van der Waals surface area contributed by atoms with Gasteiger partial charge in [0.2, 0.25) is 5.91 Å². The standard InChI is InChI=1S/C16H19NO2S/c1-12(10-18)9-17-16(19)11-20-15-7-6-13-4-2-3-5-14(13)8-15/h2-8,12,18H,9-11H2,1H3,(H,17,19). The molecule has 1 atom stereocenters. The van der Waals surface area contributed by atoms with Gasteiger partial charge in [-0.25, -0.2) is 0 Å². The minimum absolute atomic E-state index is 0.00320. The summed E-state index contributed by atoms with van der Waals surface area (Å²) in [5.74, 6) is 0.504. The first-order valence-corrected chi connectivity index (χ1v) is 7.67. The Kier molecular flexibility index (Phi) is 5.44. The number of hydrogen-bond donors (Lipinski definition) is 2. The quantitative estimate of drug-likeness (QED) is 0.804. The molecule has 1 unspecified atom stereocenters. The van der Waals surface area contributed by atoms with Crippen molar-refractivity contribution in [2.45, 2.75) is 11.8 Å². The highest BCUT2D eigenvalue weighted by Gasteiger charge is 2.05. The van der Waals surface area contributed by atoms with Gasteiger partial charge < -0.3 is 10.4 Å². The highest BCUT2D eigenvalue weighted by Crippen LogP contribution is 2.23. The lowest BCUT2D eigenvalue weighted by molar-refractivity contribution is -0.118. The van der Waals surface area contributed by atoms with Crippen molar-refractivity contribution in [3.05, 3.63) is 42.5 Å². The van der Waals surface area contributed by atoms with Crippen molar-refractivity contribution in [3.8, 4) is 0 Å². The number of fused-ring (bicyclic) bond motifs is 1. The molecule has 0 heterocycles. The smallest absolute Gasteiger partial charge is 0.230 e. The Morgan fingerprint density at radius 3 is 2.75 bits per heavy atom. The van der Waals surface area contributed by atoms with Crippen LogP contribution in [0.3, 0.4) is 0 Å². The molecule has 0 aliphatic heterocycles. The third-order valence-corrected chi connectivity index (χ3v) is 4.04. The molecule has 0 bridgehead atoms. The molecule has 0 aliphatic rings. The molecule has 0 aromatic heterocycles. The van der Waals surface area contributed by atoms with E-state index in [9.17, 15) is 4.79 Å². The molecule has 0 saturated heterocycles. The van der Waals surface area contributed by atoms with Gasteiger partial charge in [-0.05, 0) is 28.8 Å². The Bertz CT molecular complexity index is 585. The van der Waals surface area contributed by atoms with E-state index in [1.165, 1.54) is 22.5 Å². The fourth-order valence-corrected chi connectivity index (χ4v) is 2.58. The van der Waals surface area contributed by atoms with Crippen LogP contribution in [-0.2, 0) is 4.79 Å². The van der Waals surface area contributed by atoms with Crippen LogP contribution in [0.25, 0.3) is 10.8 Å². The average molecular weight is 289 g/mol. The average Bonchev–Trinajstić information content (AvgIpc) is 2.50. The summed E-state index contributed by atoms with van der Waals surface area (Å²) in [6.07, 6.45) is 0. The lowest BCUT2D eigenvalue weighted by atomic mass is 10.1. The van der Waals surface area contributed by atoms with Gasteiger partial charge in [-0.15, -0.1) is 11.8 Å². The molecule has 2 rings (SSSR count). The van der Waals surface area contributed by atoms with Crippen molar-refractivity contribution >= 4 is 28.4 Å². The van der Waals surface area contributed by atoms with Crippen molar-refractivity contribution < 1.29 is 9.90 Å². The summed E-state index contributed by atoms with van der Waals surface area (Å²) in [7, 11) is 0. The van der Waals surface area contributed by atoms with Gasteiger partial charge >= 0.3 is 0 Å². The van der Waals surface area contributed by atoms with Crippen LogP contribution in [0.2, 0.25) is 0 Å². The normalized spacial score (nSPS) is 12.3. The predicted octanol–water partition coefficient (Wildman–Crippen LogP) is 2.68. The van der Waals surface area contributed by atoms with Crippen LogP contribution in [0.15, 0.2) is 47.4 Å². The molecular weight excluding hydrogens is 270 g/mol. The maximum atomic E-state index is 11.7. The number of nitrogens with one attached hydrogen (secondary N) is 1. The molecule has 0 radical (unpaired) electrons. The lowest BCUT2D eigenvalue weighted by Crippen LogP contribution is -2.30. The van der Waals surface area contributed by atoms with E-state index in [4.69, 9.17) is 5.11 Å². The second kappa shape index (κ2) is 7.31. The number of benzene rings is 2. The first kappa shape index (κ1) is 14.9. The maximum absolute atomic E-state index is 11.7. The fraction of sp³-hybridized carbons (Fsp3) is 0.312. The number of carbonyl (C=O) groups is 1. The number of rotatable bonds is 6. The molecule has 2 aromatic rings. The Balaban J connectivity index is 1.87. The van der Waals surface area contributed by atoms with E-state index in [2.05, 4.69) is 29.6 Å². The van der Waals surface area contributed by atoms with Crippen LogP contribution in [-0.4, -0.2) is 29.9 Å². The monoisotopic (exact) mass is 289 g/mol. The highest BCUT2D eigenvalue weighted by atomic mass is 32.2. The molecule has 106 valence electrons. The zero-order valence-electron chi connectivity index (χ0n) is 11.5. The molecule has 0 spiro atoms. The molecule has 0 saturated carbocycles. The third-order valence-electron chi connectivity index (χ3n) is 3.05. The Morgan fingerprint density at radius 1 is 1.25 bits per heavy atom. The Labute approximate surface area is 123 Å². The van der Waals surface area contributed by atoms with Crippen LogP contribution in [0, 0.1) is 5.92 Å². The highest BCUT2D eigenvalue weighted by molar-refractivity contribution is 8.00. The van der Waals surface area contributed by atoms with Crippen LogP contribution < -0.4 is 5.32 Å². The topological polar surface area (TPSA) is 49.3 Å². The summed E-state index contributed by atoms with van der Waals surface area (Å²) < 4.78 is 0. The zero-order valence-corrected chi connectivity index (χ0v) is 12.3. The molecule has 0 fully saturated rings. The van der Waals surface area contributed by atoms with Crippen molar-refractivity contribution in [3.63, 3.8) is 0 Å². The van der Waals surface area contributed by atoms with Gasteiger partial charge in [-0.3, -0.25) is 4.79 Å². The number of carbonyl (C=O) groups excluding carboxylic acids is 1. The minimum Gasteiger partial charge on any atom is -0.396 e. The number of amides is 1. The lowest BCUT2D eigenvalue weighted by Gasteiger charge is -2.09. The molecule has 20 heavy (non-hydrogen) atoms. The zero-order chi connectivity index (χ0) is 14.4. The summed E-state index contributed by atoms with van der Waals surface area (Å²) in [6, 6.07) is 14.4. The van der Waals surface area contributed by atoms with E-state index in [-0.39, 0.29) is 18.4 Å². The summed E-state index contributed by atoms with van der Waals surface area (Å²) in [4.78, 5) is 12.8. The van der Waals surface area contributed by atoms with E-state index in [0.29, 0.717) is 12.3 Å². The van der Waals surface area contributed by atoms with Crippen LogP contribution in [0.4, 0.5) is 0 Å². The summed E-state index contributed by atoms with van der Waals surface area (Å²) >= 11 is 1.53. The number of aliphatic hydroxyl groups is 1. The first-order valence-electron chi connectivity index (χ1n) is 6.68. The molecular formula is C16H19NO2S. The van der Waals surface area contributed by atoms with Crippen molar-refractivity contribution in [1.29, 1.82) is 0 Å². The van der Waals surface area contributed by atoms with E-state index in [1.807, 2.05) is 25.1 Å². The van der Waals surface area contributed by atoms with Gasteiger partial charge in [0.25, 0.3) is 0 Å². The SMILES string of the molecule is CC(CO)CNC(=O)CSc1ccc2ccccc2c1. The maximum Gasteiger partial charge on any atom is 0.230 e. The first-order chi connectivity index (χ1) is 9.69. The summed E-state index contributed by atoms with van der Waals surface area (Å²) in [5, 5.41) is 14.1.